The maximum atomic E-state index is 13.7. The van der Waals surface area contributed by atoms with Gasteiger partial charge in [0.1, 0.15) is 17.4 Å². The highest BCUT2D eigenvalue weighted by atomic mass is 32.1. The molecule has 1 aromatic carbocycles. The van der Waals surface area contributed by atoms with Crippen molar-refractivity contribution in [3.8, 4) is 0 Å². The Morgan fingerprint density at radius 3 is 2.42 bits per heavy atom. The summed E-state index contributed by atoms with van der Waals surface area (Å²) in [5.41, 5.74) is 5.56. The Bertz CT molecular complexity index is 497. The zero-order valence-corrected chi connectivity index (χ0v) is 10.7. The molecule has 0 saturated heterocycles. The van der Waals surface area contributed by atoms with E-state index >= 15 is 0 Å². The summed E-state index contributed by atoms with van der Waals surface area (Å²) >= 11 is 4.65. The van der Waals surface area contributed by atoms with Gasteiger partial charge >= 0.3 is 6.18 Å². The smallest absolute Gasteiger partial charge is 0.389 e. The van der Waals surface area contributed by atoms with Crippen LogP contribution in [0.15, 0.2) is 18.2 Å². The van der Waals surface area contributed by atoms with E-state index in [0.29, 0.717) is 12.8 Å². The van der Waals surface area contributed by atoms with Gasteiger partial charge in [0.25, 0.3) is 0 Å². The van der Waals surface area contributed by atoms with Crippen LogP contribution in [0.3, 0.4) is 0 Å². The van der Waals surface area contributed by atoms with Crippen LogP contribution in [0.2, 0.25) is 0 Å². The van der Waals surface area contributed by atoms with Crippen LogP contribution in [0, 0.1) is 5.82 Å². The minimum absolute atomic E-state index is 0.0431. The Labute approximate surface area is 113 Å². The van der Waals surface area contributed by atoms with Crippen molar-refractivity contribution in [3.05, 3.63) is 29.6 Å². The highest BCUT2D eigenvalue weighted by molar-refractivity contribution is 7.80. The molecule has 0 bridgehead atoms. The van der Waals surface area contributed by atoms with Crippen molar-refractivity contribution in [1.29, 1.82) is 0 Å². The average molecular weight is 292 g/mol. The van der Waals surface area contributed by atoms with Gasteiger partial charge in [-0.1, -0.05) is 12.2 Å². The molecule has 0 aliphatic heterocycles. The lowest BCUT2D eigenvalue weighted by atomic mass is 10.1. The number of benzene rings is 1. The maximum absolute atomic E-state index is 13.7. The van der Waals surface area contributed by atoms with E-state index in [1.807, 2.05) is 0 Å². The second-order valence-electron chi connectivity index (χ2n) is 4.50. The summed E-state index contributed by atoms with van der Waals surface area (Å²) < 4.78 is 51.2. The number of anilines is 1. The maximum Gasteiger partial charge on any atom is 0.405 e. The third-order valence-electron chi connectivity index (χ3n) is 2.89. The third-order valence-corrected chi connectivity index (χ3v) is 3.11. The van der Waals surface area contributed by atoms with E-state index in [1.54, 1.807) is 0 Å². The molecule has 0 heterocycles. The molecule has 1 fully saturated rings. The van der Waals surface area contributed by atoms with Crippen LogP contribution < -0.4 is 10.6 Å². The molecule has 0 unspecified atom stereocenters. The van der Waals surface area contributed by atoms with E-state index in [9.17, 15) is 17.6 Å². The predicted molar refractivity (Wildman–Crippen MR) is 68.7 cm³/mol. The molecule has 0 aromatic heterocycles. The first-order valence-electron chi connectivity index (χ1n) is 5.70. The predicted octanol–water partition coefficient (Wildman–Crippen LogP) is 2.99. The molecule has 2 N–H and O–H groups in total. The van der Waals surface area contributed by atoms with E-state index < -0.39 is 18.5 Å². The van der Waals surface area contributed by atoms with Crippen molar-refractivity contribution < 1.29 is 17.6 Å². The van der Waals surface area contributed by atoms with E-state index in [0.717, 1.165) is 6.07 Å². The Hall–Kier alpha value is -1.37. The normalized spacial score (nSPS) is 15.4. The lowest BCUT2D eigenvalue weighted by Gasteiger charge is -2.26. The van der Waals surface area contributed by atoms with E-state index in [2.05, 4.69) is 12.2 Å². The van der Waals surface area contributed by atoms with Gasteiger partial charge < -0.3 is 10.6 Å². The van der Waals surface area contributed by atoms with Crippen LogP contribution in [0.5, 0.6) is 0 Å². The van der Waals surface area contributed by atoms with Crippen molar-refractivity contribution >= 4 is 22.9 Å². The van der Waals surface area contributed by atoms with Gasteiger partial charge in [-0.3, -0.25) is 0 Å². The number of nitrogens with zero attached hydrogens (tertiary/aromatic N) is 1. The van der Waals surface area contributed by atoms with Crippen LogP contribution in [0.25, 0.3) is 0 Å². The molecule has 1 aromatic rings. The van der Waals surface area contributed by atoms with Gasteiger partial charge in [-0.05, 0) is 31.0 Å². The van der Waals surface area contributed by atoms with Crippen LogP contribution >= 0.6 is 12.2 Å². The van der Waals surface area contributed by atoms with E-state index in [1.165, 1.54) is 17.0 Å². The summed E-state index contributed by atoms with van der Waals surface area (Å²) in [6, 6.07) is 3.62. The van der Waals surface area contributed by atoms with Gasteiger partial charge in [-0.15, -0.1) is 0 Å². The first-order chi connectivity index (χ1) is 8.78. The number of hydrogen-bond donors (Lipinski definition) is 1. The zero-order valence-electron chi connectivity index (χ0n) is 9.88. The highest BCUT2D eigenvalue weighted by Crippen LogP contribution is 2.34. The summed E-state index contributed by atoms with van der Waals surface area (Å²) in [5.74, 6) is -0.696. The fourth-order valence-corrected chi connectivity index (χ4v) is 2.06. The van der Waals surface area contributed by atoms with Gasteiger partial charge in [-0.2, -0.15) is 13.2 Å². The van der Waals surface area contributed by atoms with Crippen molar-refractivity contribution in [1.82, 2.24) is 0 Å². The molecule has 0 amide bonds. The molecule has 1 aliphatic rings. The monoisotopic (exact) mass is 292 g/mol. The Morgan fingerprint density at radius 2 is 2.00 bits per heavy atom. The minimum atomic E-state index is -4.32. The van der Waals surface area contributed by atoms with Gasteiger partial charge in [0.2, 0.25) is 0 Å². The van der Waals surface area contributed by atoms with Crippen LogP contribution in [-0.2, 0) is 0 Å². The van der Waals surface area contributed by atoms with Crippen molar-refractivity contribution in [3.63, 3.8) is 0 Å². The van der Waals surface area contributed by atoms with Gasteiger partial charge in [0.05, 0.1) is 0 Å². The number of hydrogen-bond acceptors (Lipinski definition) is 2. The molecular formula is C12H12F4N2S. The van der Waals surface area contributed by atoms with E-state index in [-0.39, 0.29) is 22.3 Å². The van der Waals surface area contributed by atoms with Crippen LogP contribution in [0.1, 0.15) is 18.4 Å². The molecule has 7 heteroatoms. The summed E-state index contributed by atoms with van der Waals surface area (Å²) in [7, 11) is 0. The second-order valence-corrected chi connectivity index (χ2v) is 4.94. The lowest BCUT2D eigenvalue weighted by molar-refractivity contribution is -0.120. The molecule has 19 heavy (non-hydrogen) atoms. The number of nitrogens with two attached hydrogens (primary N) is 1. The molecule has 0 spiro atoms. The molecular weight excluding hydrogens is 280 g/mol. The van der Waals surface area contributed by atoms with Crippen molar-refractivity contribution in [2.45, 2.75) is 25.1 Å². The molecule has 0 atom stereocenters. The van der Waals surface area contributed by atoms with Crippen LogP contribution in [0.4, 0.5) is 23.2 Å². The molecule has 2 rings (SSSR count). The zero-order chi connectivity index (χ0) is 14.2. The summed E-state index contributed by atoms with van der Waals surface area (Å²) in [5, 5.41) is 0. The van der Waals surface area contributed by atoms with Crippen LogP contribution in [-0.4, -0.2) is 23.8 Å². The highest BCUT2D eigenvalue weighted by Gasteiger charge is 2.38. The topological polar surface area (TPSA) is 29.3 Å². The SMILES string of the molecule is NC(=S)c1ccc(N(CC(F)(F)F)C2CC2)cc1F. The number of thiocarbonyl (C=S) groups is 1. The van der Waals surface area contributed by atoms with Crippen molar-refractivity contribution in [2.75, 3.05) is 11.4 Å². The summed E-state index contributed by atoms with van der Waals surface area (Å²) in [6.07, 6.45) is -2.94. The Kier molecular flexibility index (Phi) is 3.66. The molecule has 104 valence electrons. The molecule has 1 aliphatic carbocycles. The molecule has 1 saturated carbocycles. The third kappa shape index (κ3) is 3.56. The van der Waals surface area contributed by atoms with E-state index in [4.69, 9.17) is 5.73 Å². The van der Waals surface area contributed by atoms with Crippen molar-refractivity contribution in [2.24, 2.45) is 5.73 Å². The standard InChI is InChI=1S/C12H12F4N2S/c13-10-5-8(3-4-9(10)11(17)19)18(7-1-2-7)6-12(14,15)16/h3-5,7H,1-2,6H2,(H2,17,19). The number of rotatable bonds is 4. The summed E-state index contributed by atoms with van der Waals surface area (Å²) in [6.45, 7) is -1.08. The van der Waals surface area contributed by atoms with Gasteiger partial charge in [0, 0.05) is 17.3 Å². The van der Waals surface area contributed by atoms with Gasteiger partial charge in [-0.25, -0.2) is 4.39 Å². The fourth-order valence-electron chi connectivity index (χ4n) is 1.89. The number of alkyl halides is 3. The Morgan fingerprint density at radius 1 is 1.37 bits per heavy atom. The fraction of sp³-hybridized carbons (Fsp3) is 0.417. The first-order valence-corrected chi connectivity index (χ1v) is 6.11. The second kappa shape index (κ2) is 4.96. The summed E-state index contributed by atoms with van der Waals surface area (Å²) in [4.78, 5) is 1.06. The largest absolute Gasteiger partial charge is 0.405 e. The first kappa shape index (κ1) is 14.0. The number of halogens is 4. The lowest BCUT2D eigenvalue weighted by Crippen LogP contribution is -2.36. The minimum Gasteiger partial charge on any atom is -0.389 e. The quantitative estimate of drug-likeness (QED) is 0.683. The Balaban J connectivity index is 2.27. The molecule has 2 nitrogen and oxygen atoms in total. The molecule has 0 radical (unpaired) electrons. The average Bonchev–Trinajstić information content (AvgIpc) is 3.07. The van der Waals surface area contributed by atoms with Gasteiger partial charge in [0.15, 0.2) is 0 Å².